The molecule has 0 bridgehead atoms. The van der Waals surface area contributed by atoms with Crippen LogP contribution in [0.25, 0.3) is 0 Å². The summed E-state index contributed by atoms with van der Waals surface area (Å²) in [5.74, 6) is 0.223. The van der Waals surface area contributed by atoms with Gasteiger partial charge in [-0.25, -0.2) is 0 Å². The van der Waals surface area contributed by atoms with Gasteiger partial charge in [0.15, 0.2) is 5.78 Å². The number of Topliss-reactive ketones (excluding diaryl/α,β-unsaturated/α-hetero) is 1. The molecule has 0 radical (unpaired) electrons. The van der Waals surface area contributed by atoms with Gasteiger partial charge in [0.2, 0.25) is 0 Å². The highest BCUT2D eigenvalue weighted by atomic mass is 79.9. The minimum Gasteiger partial charge on any atom is -0.298 e. The van der Waals surface area contributed by atoms with Crippen LogP contribution in [0, 0.1) is 0 Å². The first-order chi connectivity index (χ1) is 7.65. The molecule has 0 saturated heterocycles. The molecule has 86 valence electrons. The Morgan fingerprint density at radius 3 is 2.56 bits per heavy atom. The van der Waals surface area contributed by atoms with Gasteiger partial charge in [0, 0.05) is 0 Å². The van der Waals surface area contributed by atoms with Crippen molar-refractivity contribution in [3.63, 3.8) is 0 Å². The molecule has 0 heterocycles. The first kappa shape index (κ1) is 13.2. The van der Waals surface area contributed by atoms with E-state index in [0.29, 0.717) is 5.33 Å². The Morgan fingerprint density at radius 1 is 1.44 bits per heavy atom. The molecule has 1 atom stereocenters. The predicted molar refractivity (Wildman–Crippen MR) is 72.0 cm³/mol. The van der Waals surface area contributed by atoms with Crippen LogP contribution in [0.2, 0.25) is 0 Å². The fraction of sp³-hybridized carbons (Fsp3) is 0.357. The van der Waals surface area contributed by atoms with E-state index in [0.717, 1.165) is 18.4 Å². The standard InChI is InChI=1S/C14H17BrO/c1-3-4-10-14(2,13(16)11-15)12-8-6-5-7-9-12/h3,5-9H,1,4,10-11H2,2H3. The summed E-state index contributed by atoms with van der Waals surface area (Å²) >= 11 is 3.26. The molecule has 0 aromatic heterocycles. The van der Waals surface area contributed by atoms with E-state index in [9.17, 15) is 4.79 Å². The maximum Gasteiger partial charge on any atom is 0.153 e. The highest BCUT2D eigenvalue weighted by Crippen LogP contribution is 2.30. The molecule has 0 aliphatic rings. The highest BCUT2D eigenvalue weighted by molar-refractivity contribution is 9.09. The third-order valence-electron chi connectivity index (χ3n) is 3.00. The topological polar surface area (TPSA) is 17.1 Å². The van der Waals surface area contributed by atoms with E-state index in [4.69, 9.17) is 0 Å². The third-order valence-corrected chi connectivity index (χ3v) is 3.51. The molecular formula is C14H17BrO. The summed E-state index contributed by atoms with van der Waals surface area (Å²) in [6.45, 7) is 5.73. The SMILES string of the molecule is C=CCCC(C)(C(=O)CBr)c1ccccc1. The van der Waals surface area contributed by atoms with Crippen molar-refractivity contribution in [2.24, 2.45) is 0 Å². The fourth-order valence-electron chi connectivity index (χ4n) is 1.79. The Labute approximate surface area is 106 Å². The number of allylic oxidation sites excluding steroid dienone is 1. The summed E-state index contributed by atoms with van der Waals surface area (Å²) < 4.78 is 0. The van der Waals surface area contributed by atoms with Crippen molar-refractivity contribution in [1.29, 1.82) is 0 Å². The first-order valence-corrected chi connectivity index (χ1v) is 6.53. The lowest BCUT2D eigenvalue weighted by atomic mass is 9.75. The van der Waals surface area contributed by atoms with Gasteiger partial charge in [-0.15, -0.1) is 6.58 Å². The van der Waals surface area contributed by atoms with Gasteiger partial charge in [-0.1, -0.05) is 52.3 Å². The number of benzene rings is 1. The van der Waals surface area contributed by atoms with Gasteiger partial charge >= 0.3 is 0 Å². The summed E-state index contributed by atoms with van der Waals surface area (Å²) in [5, 5.41) is 0.398. The van der Waals surface area contributed by atoms with E-state index in [1.54, 1.807) is 0 Å². The lowest BCUT2D eigenvalue weighted by Crippen LogP contribution is -2.33. The quantitative estimate of drug-likeness (QED) is 0.571. The van der Waals surface area contributed by atoms with Crippen LogP contribution in [0.15, 0.2) is 43.0 Å². The largest absolute Gasteiger partial charge is 0.298 e. The van der Waals surface area contributed by atoms with Crippen molar-refractivity contribution >= 4 is 21.7 Å². The second-order valence-corrected chi connectivity index (χ2v) is 4.64. The number of alkyl halides is 1. The van der Waals surface area contributed by atoms with E-state index in [1.165, 1.54) is 0 Å². The second-order valence-electron chi connectivity index (χ2n) is 4.08. The third kappa shape index (κ3) is 2.82. The van der Waals surface area contributed by atoms with Gasteiger partial charge in [-0.3, -0.25) is 4.79 Å². The molecule has 1 aromatic rings. The lowest BCUT2D eigenvalue weighted by molar-refractivity contribution is -0.121. The van der Waals surface area contributed by atoms with Gasteiger partial charge < -0.3 is 0 Å². The molecule has 1 nitrogen and oxygen atoms in total. The number of rotatable bonds is 6. The summed E-state index contributed by atoms with van der Waals surface area (Å²) in [6.07, 6.45) is 3.53. The van der Waals surface area contributed by atoms with E-state index in [-0.39, 0.29) is 5.78 Å². The van der Waals surface area contributed by atoms with Crippen LogP contribution >= 0.6 is 15.9 Å². The maximum absolute atomic E-state index is 12.1. The minimum absolute atomic E-state index is 0.223. The Bertz CT molecular complexity index is 358. The molecular weight excluding hydrogens is 264 g/mol. The lowest BCUT2D eigenvalue weighted by Gasteiger charge is -2.27. The van der Waals surface area contributed by atoms with Crippen molar-refractivity contribution in [3.05, 3.63) is 48.6 Å². The number of hydrogen-bond acceptors (Lipinski definition) is 1. The second kappa shape index (κ2) is 6.00. The van der Waals surface area contributed by atoms with Crippen LogP contribution in [0.3, 0.4) is 0 Å². The molecule has 1 rings (SSSR count). The van der Waals surface area contributed by atoms with E-state index in [2.05, 4.69) is 22.5 Å². The molecule has 2 heteroatoms. The highest BCUT2D eigenvalue weighted by Gasteiger charge is 2.32. The van der Waals surface area contributed by atoms with E-state index < -0.39 is 5.41 Å². The molecule has 0 saturated carbocycles. The van der Waals surface area contributed by atoms with E-state index >= 15 is 0 Å². The molecule has 0 N–H and O–H groups in total. The normalized spacial score (nSPS) is 14.1. The summed E-state index contributed by atoms with van der Waals surface area (Å²) in [7, 11) is 0. The summed E-state index contributed by atoms with van der Waals surface area (Å²) in [6, 6.07) is 9.95. The van der Waals surface area contributed by atoms with Crippen molar-refractivity contribution in [1.82, 2.24) is 0 Å². The number of carbonyl (C=O) groups is 1. The first-order valence-electron chi connectivity index (χ1n) is 5.41. The number of hydrogen-bond donors (Lipinski definition) is 0. The van der Waals surface area contributed by atoms with Crippen molar-refractivity contribution in [2.45, 2.75) is 25.2 Å². The average molecular weight is 281 g/mol. The van der Waals surface area contributed by atoms with Crippen LogP contribution in [0.5, 0.6) is 0 Å². The van der Waals surface area contributed by atoms with Crippen molar-refractivity contribution < 1.29 is 4.79 Å². The number of carbonyl (C=O) groups excluding carboxylic acids is 1. The van der Waals surface area contributed by atoms with Crippen LogP contribution in [-0.2, 0) is 10.2 Å². The summed E-state index contributed by atoms with van der Waals surface area (Å²) in [5.41, 5.74) is 0.681. The summed E-state index contributed by atoms with van der Waals surface area (Å²) in [4.78, 5) is 12.1. The van der Waals surface area contributed by atoms with Gasteiger partial charge in [0.05, 0.1) is 10.7 Å². The molecule has 0 spiro atoms. The molecule has 0 amide bonds. The van der Waals surface area contributed by atoms with Gasteiger partial charge in [0.1, 0.15) is 0 Å². The van der Waals surface area contributed by atoms with Crippen LogP contribution in [0.1, 0.15) is 25.3 Å². The monoisotopic (exact) mass is 280 g/mol. The average Bonchev–Trinajstić information content (AvgIpc) is 2.36. The molecule has 1 aromatic carbocycles. The fourth-order valence-corrected chi connectivity index (χ4v) is 2.41. The molecule has 0 fully saturated rings. The van der Waals surface area contributed by atoms with E-state index in [1.807, 2.05) is 43.3 Å². The van der Waals surface area contributed by atoms with Crippen LogP contribution in [0.4, 0.5) is 0 Å². The number of halogens is 1. The predicted octanol–water partition coefficient (Wildman–Crippen LogP) is 3.87. The number of ketones is 1. The molecule has 0 aliphatic heterocycles. The minimum atomic E-state index is -0.404. The van der Waals surface area contributed by atoms with Gasteiger partial charge in [0.25, 0.3) is 0 Å². The van der Waals surface area contributed by atoms with Crippen molar-refractivity contribution in [2.75, 3.05) is 5.33 Å². The van der Waals surface area contributed by atoms with Gasteiger partial charge in [-0.2, -0.15) is 0 Å². The molecule has 0 aliphatic carbocycles. The van der Waals surface area contributed by atoms with Crippen molar-refractivity contribution in [3.8, 4) is 0 Å². The Kier molecular flexibility index (Phi) is 4.94. The molecule has 16 heavy (non-hydrogen) atoms. The Balaban J connectivity index is 3.04. The van der Waals surface area contributed by atoms with Crippen LogP contribution < -0.4 is 0 Å². The zero-order valence-electron chi connectivity index (χ0n) is 9.58. The maximum atomic E-state index is 12.1. The van der Waals surface area contributed by atoms with Gasteiger partial charge in [-0.05, 0) is 25.3 Å². The Hall–Kier alpha value is -0.890. The smallest absolute Gasteiger partial charge is 0.153 e. The Morgan fingerprint density at radius 2 is 2.06 bits per heavy atom. The molecule has 1 unspecified atom stereocenters. The van der Waals surface area contributed by atoms with Crippen LogP contribution in [-0.4, -0.2) is 11.1 Å². The zero-order chi connectivity index (χ0) is 12.0. The zero-order valence-corrected chi connectivity index (χ0v) is 11.2.